The monoisotopic (exact) mass is 465 g/mol. The average molecular weight is 466 g/mol. The maximum atomic E-state index is 13.5. The number of ether oxygens (including phenoxy) is 1. The smallest absolute Gasteiger partial charge is 0.336 e. The molecule has 2 aromatic rings. The van der Waals surface area contributed by atoms with Gasteiger partial charge in [0.05, 0.1) is 18.3 Å². The summed E-state index contributed by atoms with van der Waals surface area (Å²) in [5, 5.41) is 0.261. The van der Waals surface area contributed by atoms with Crippen LogP contribution in [0, 0.1) is 0 Å². The summed E-state index contributed by atoms with van der Waals surface area (Å²) in [4.78, 5) is 14.7. The van der Waals surface area contributed by atoms with Gasteiger partial charge in [-0.05, 0) is 52.3 Å². The normalized spacial score (nSPS) is 15.5. The van der Waals surface area contributed by atoms with E-state index in [2.05, 4.69) is 18.7 Å². The van der Waals surface area contributed by atoms with Crippen molar-refractivity contribution in [1.29, 1.82) is 0 Å². The van der Waals surface area contributed by atoms with E-state index >= 15 is 0 Å². The Hall–Kier alpha value is -1.62. The molecule has 6 nitrogen and oxygen atoms in total. The van der Waals surface area contributed by atoms with Crippen molar-refractivity contribution in [3.63, 3.8) is 0 Å². The summed E-state index contributed by atoms with van der Waals surface area (Å²) in [6.45, 7) is 19.7. The fourth-order valence-electron chi connectivity index (χ4n) is 3.37. The van der Waals surface area contributed by atoms with E-state index in [1.807, 2.05) is 59.7 Å². The summed E-state index contributed by atoms with van der Waals surface area (Å²) < 4.78 is 31.2. The minimum atomic E-state index is -3.00. The second kappa shape index (κ2) is 10.1. The molecule has 1 heterocycles. The second-order valence-corrected chi connectivity index (χ2v) is 13.5. The van der Waals surface area contributed by atoms with E-state index in [1.165, 1.54) is 6.07 Å². The summed E-state index contributed by atoms with van der Waals surface area (Å²) in [6, 6.07) is 7.34. The molecule has 0 amide bonds. The van der Waals surface area contributed by atoms with Gasteiger partial charge in [0.2, 0.25) is 7.37 Å². The molecule has 0 aliphatic rings. The molecule has 0 radical (unpaired) electrons. The molecule has 0 spiro atoms. The Morgan fingerprint density at radius 3 is 2.22 bits per heavy atom. The van der Waals surface area contributed by atoms with Crippen LogP contribution in [-0.2, 0) is 13.8 Å². The van der Waals surface area contributed by atoms with Crippen LogP contribution < -0.4 is 10.5 Å². The lowest BCUT2D eigenvalue weighted by atomic mass is 10.0. The molecule has 0 saturated carbocycles. The Morgan fingerprint density at radius 2 is 1.69 bits per heavy atom. The average Bonchev–Trinajstić information content (AvgIpc) is 2.65. The van der Waals surface area contributed by atoms with Gasteiger partial charge in [0, 0.05) is 54.5 Å². The molecule has 0 saturated heterocycles. The Bertz CT molecular complexity index is 1010. The number of benzene rings is 1. The van der Waals surface area contributed by atoms with Crippen LogP contribution in [0.15, 0.2) is 33.5 Å². The summed E-state index contributed by atoms with van der Waals surface area (Å²) in [5.41, 5.74) is 1.43. The molecule has 180 valence electrons. The Labute approximate surface area is 192 Å². The van der Waals surface area contributed by atoms with Crippen molar-refractivity contribution < 1.29 is 18.2 Å². The molecule has 0 fully saturated rings. The van der Waals surface area contributed by atoms with Gasteiger partial charge in [-0.3, -0.25) is 4.57 Å². The van der Waals surface area contributed by atoms with E-state index in [0.29, 0.717) is 24.2 Å². The maximum Gasteiger partial charge on any atom is 0.336 e. The SMILES string of the molecule is CCN(CC)c1ccc2c(C(CCOC(C)(C)C)OP(C)(=O)C(C)(C)C)cc(=O)oc2c1. The topological polar surface area (TPSA) is 69.0 Å². The van der Waals surface area contributed by atoms with Gasteiger partial charge in [-0.25, -0.2) is 4.79 Å². The first-order valence-corrected chi connectivity index (χ1v) is 13.5. The zero-order chi connectivity index (χ0) is 24.3. The van der Waals surface area contributed by atoms with Gasteiger partial charge in [0.15, 0.2) is 0 Å². The van der Waals surface area contributed by atoms with Crippen LogP contribution >= 0.6 is 7.37 Å². The van der Waals surface area contributed by atoms with Crippen LogP contribution in [0.4, 0.5) is 5.69 Å². The van der Waals surface area contributed by atoms with E-state index in [4.69, 9.17) is 13.7 Å². The summed E-state index contributed by atoms with van der Waals surface area (Å²) >= 11 is 0. The molecule has 1 aromatic heterocycles. The third-order valence-corrected chi connectivity index (χ3v) is 8.79. The summed E-state index contributed by atoms with van der Waals surface area (Å²) in [5.74, 6) is 0. The molecule has 0 N–H and O–H groups in total. The van der Waals surface area contributed by atoms with Gasteiger partial charge in [0.1, 0.15) is 5.58 Å². The number of rotatable bonds is 9. The van der Waals surface area contributed by atoms with Crippen molar-refractivity contribution in [2.24, 2.45) is 0 Å². The van der Waals surface area contributed by atoms with Gasteiger partial charge < -0.3 is 18.6 Å². The number of hydrogen-bond donors (Lipinski definition) is 0. The maximum absolute atomic E-state index is 13.5. The number of hydrogen-bond acceptors (Lipinski definition) is 6. The quantitative estimate of drug-likeness (QED) is 0.307. The molecule has 2 unspecified atom stereocenters. The minimum Gasteiger partial charge on any atom is -0.423 e. The van der Waals surface area contributed by atoms with Crippen molar-refractivity contribution in [2.45, 2.75) is 78.7 Å². The molecule has 0 bridgehead atoms. The Kier molecular flexibility index (Phi) is 8.41. The molecule has 2 atom stereocenters. The zero-order valence-electron chi connectivity index (χ0n) is 21.2. The van der Waals surface area contributed by atoms with Crippen molar-refractivity contribution in [3.8, 4) is 0 Å². The molecule has 32 heavy (non-hydrogen) atoms. The van der Waals surface area contributed by atoms with Crippen molar-refractivity contribution in [1.82, 2.24) is 0 Å². The standard InChI is InChI=1S/C25H40NO5P/c1-10-26(11-2)18-12-13-19-20(17-23(27)30-22(19)16-18)21(14-15-29-24(3,4)5)31-32(9,28)25(6,7)8/h12-13,16-17,21H,10-11,14-15H2,1-9H3. The van der Waals surface area contributed by atoms with E-state index in [-0.39, 0.29) is 5.60 Å². The Morgan fingerprint density at radius 1 is 1.06 bits per heavy atom. The summed E-state index contributed by atoms with van der Waals surface area (Å²) in [6.07, 6.45) is -0.0834. The number of fused-ring (bicyclic) bond motifs is 1. The molecule has 0 aliphatic carbocycles. The highest BCUT2D eigenvalue weighted by Crippen LogP contribution is 2.58. The molecule has 1 aromatic carbocycles. The fourth-order valence-corrected chi connectivity index (χ4v) is 4.39. The number of anilines is 1. The molecular weight excluding hydrogens is 425 g/mol. The van der Waals surface area contributed by atoms with Crippen LogP contribution in [0.1, 0.15) is 73.5 Å². The molecule has 7 heteroatoms. The van der Waals surface area contributed by atoms with Crippen LogP contribution in [0.25, 0.3) is 11.0 Å². The lowest BCUT2D eigenvalue weighted by Crippen LogP contribution is -2.23. The lowest BCUT2D eigenvalue weighted by Gasteiger charge is -2.32. The van der Waals surface area contributed by atoms with Crippen LogP contribution in [0.5, 0.6) is 0 Å². The first kappa shape index (κ1) is 26.6. The van der Waals surface area contributed by atoms with Gasteiger partial charge in [-0.1, -0.05) is 20.8 Å². The van der Waals surface area contributed by atoms with Crippen LogP contribution in [0.3, 0.4) is 0 Å². The lowest BCUT2D eigenvalue weighted by molar-refractivity contribution is -0.0158. The largest absolute Gasteiger partial charge is 0.423 e. The van der Waals surface area contributed by atoms with Crippen LogP contribution in [0.2, 0.25) is 0 Å². The van der Waals surface area contributed by atoms with Gasteiger partial charge in [0.25, 0.3) is 0 Å². The molecule has 2 rings (SSSR count). The van der Waals surface area contributed by atoms with Crippen LogP contribution in [-0.4, -0.2) is 37.1 Å². The van der Waals surface area contributed by atoms with E-state index in [1.54, 1.807) is 6.66 Å². The number of nitrogens with zero attached hydrogens (tertiary/aromatic N) is 1. The van der Waals surface area contributed by atoms with Gasteiger partial charge in [-0.2, -0.15) is 0 Å². The van der Waals surface area contributed by atoms with E-state index in [9.17, 15) is 9.36 Å². The third kappa shape index (κ3) is 6.69. The molecule has 0 aliphatic heterocycles. The minimum absolute atomic E-state index is 0.305. The molecular formula is C25H40NO5P. The highest BCUT2D eigenvalue weighted by atomic mass is 31.2. The highest BCUT2D eigenvalue weighted by Gasteiger charge is 2.36. The Balaban J connectivity index is 2.56. The highest BCUT2D eigenvalue weighted by molar-refractivity contribution is 7.59. The van der Waals surface area contributed by atoms with Gasteiger partial charge in [-0.15, -0.1) is 0 Å². The van der Waals surface area contributed by atoms with Gasteiger partial charge >= 0.3 is 5.63 Å². The predicted octanol–water partition coefficient (Wildman–Crippen LogP) is 6.61. The van der Waals surface area contributed by atoms with Crippen molar-refractivity contribution >= 4 is 24.0 Å². The predicted molar refractivity (Wildman–Crippen MR) is 133 cm³/mol. The van der Waals surface area contributed by atoms with E-state index in [0.717, 1.165) is 24.2 Å². The first-order chi connectivity index (χ1) is 14.7. The fraction of sp³-hybridized carbons (Fsp3) is 0.640. The van der Waals surface area contributed by atoms with Crippen molar-refractivity contribution in [3.05, 3.63) is 40.2 Å². The second-order valence-electron chi connectivity index (χ2n) is 10.2. The zero-order valence-corrected chi connectivity index (χ0v) is 22.0. The third-order valence-electron chi connectivity index (χ3n) is 5.70. The summed E-state index contributed by atoms with van der Waals surface area (Å²) in [7, 11) is -3.00. The first-order valence-electron chi connectivity index (χ1n) is 11.4. The van der Waals surface area contributed by atoms with Crippen molar-refractivity contribution in [2.75, 3.05) is 31.3 Å². The van der Waals surface area contributed by atoms with E-state index < -0.39 is 24.3 Å².